The van der Waals surface area contributed by atoms with Gasteiger partial charge in [0.25, 0.3) is 0 Å². The van der Waals surface area contributed by atoms with Gasteiger partial charge in [0.05, 0.1) is 26.4 Å². The van der Waals surface area contributed by atoms with E-state index in [0.717, 1.165) is 161 Å². The third-order valence-electron chi connectivity index (χ3n) is 17.2. The molecule has 0 aliphatic carbocycles. The first-order valence-corrected chi connectivity index (χ1v) is 43.8. The minimum Gasteiger partial charge on any atom is -0.463 e. The van der Waals surface area contributed by atoms with E-state index in [0.29, 0.717) is 19.3 Å². The zero-order valence-electron chi connectivity index (χ0n) is 65.0. The van der Waals surface area contributed by atoms with Gasteiger partial charge >= 0.3 is 33.6 Å². The topological polar surface area (TPSA) is 231 Å². The Morgan fingerprint density at radius 2 is 0.515 bits per heavy atom. The van der Waals surface area contributed by atoms with Crippen molar-refractivity contribution in [2.24, 2.45) is 0 Å². The second-order valence-corrected chi connectivity index (χ2v) is 30.1. The molecule has 0 fully saturated rings. The summed E-state index contributed by atoms with van der Waals surface area (Å²) < 4.78 is 61.2. The Balaban J connectivity index is 4.53. The predicted molar refractivity (Wildman–Crippen MR) is 427 cm³/mol. The fourth-order valence-corrected chi connectivity index (χ4v) is 12.6. The summed E-state index contributed by atoms with van der Waals surface area (Å²) in [6.07, 6.45) is 92.4. The largest absolute Gasteiger partial charge is 0.472 e. The molecule has 0 saturated heterocycles. The van der Waals surface area contributed by atoms with Gasteiger partial charge in [-0.1, -0.05) is 335 Å². The highest BCUT2D eigenvalue weighted by Crippen LogP contribution is 2.45. The van der Waals surface area contributed by atoms with Crippen molar-refractivity contribution in [2.75, 3.05) is 39.6 Å². The molecule has 0 aliphatic rings. The molecule has 18 heteroatoms. The van der Waals surface area contributed by atoms with Crippen molar-refractivity contribution in [3.63, 3.8) is 0 Å². The SMILES string of the molecule is CC/C=C\C/C=C\C/C=C\C/C=C\C/C=C\CCCCCCCCCCCCCCCC(=O)OCC(O)COP(=O)(O)OCC(O)COP(=O)(O)OCC(COC(=O)CCCCCCCCC/C=C\C/C=C\C/C=C\C/C=C\C/C=C\CC)OC(=O)CCCCCCCCCCCCCCCCC. The zero-order valence-corrected chi connectivity index (χ0v) is 66.7. The summed E-state index contributed by atoms with van der Waals surface area (Å²) in [5, 5.41) is 20.7. The summed E-state index contributed by atoms with van der Waals surface area (Å²) >= 11 is 0. The third-order valence-corrected chi connectivity index (χ3v) is 19.1. The van der Waals surface area contributed by atoms with Crippen LogP contribution in [0.25, 0.3) is 0 Å². The molecular weight excluding hydrogens is 1340 g/mol. The summed E-state index contributed by atoms with van der Waals surface area (Å²) in [6, 6.07) is 0. The Hall–Kier alpha value is -4.05. The molecule has 0 aromatic heterocycles. The van der Waals surface area contributed by atoms with Gasteiger partial charge in [-0.05, 0) is 109 Å². The second kappa shape index (κ2) is 77.6. The Kier molecular flexibility index (Phi) is 74.5. The Bertz CT molecular complexity index is 2360. The predicted octanol–water partition coefficient (Wildman–Crippen LogP) is 24.1. The molecule has 5 atom stereocenters. The normalized spacial score (nSPS) is 14.6. The maximum Gasteiger partial charge on any atom is 0.472 e. The molecule has 0 amide bonds. The first-order valence-electron chi connectivity index (χ1n) is 40.8. The number of phosphoric ester groups is 2. The maximum absolute atomic E-state index is 13.0. The van der Waals surface area contributed by atoms with Crippen molar-refractivity contribution >= 4 is 33.6 Å². The third kappa shape index (κ3) is 78.8. The number of carbonyl (C=O) groups excluding carboxylic acids is 3. The average molecular weight is 1490 g/mol. The smallest absolute Gasteiger partial charge is 0.463 e. The molecule has 103 heavy (non-hydrogen) atoms. The molecule has 0 rings (SSSR count). The summed E-state index contributed by atoms with van der Waals surface area (Å²) in [7, 11) is -9.79. The van der Waals surface area contributed by atoms with E-state index in [1.54, 1.807) is 0 Å². The minimum absolute atomic E-state index is 0.104. The first-order chi connectivity index (χ1) is 50.2. The Morgan fingerprint density at radius 1 is 0.282 bits per heavy atom. The fraction of sp³-hybridized carbons (Fsp3) is 0.729. The molecule has 0 aliphatic heterocycles. The van der Waals surface area contributed by atoms with Crippen molar-refractivity contribution in [1.82, 2.24) is 0 Å². The highest BCUT2D eigenvalue weighted by atomic mass is 31.2. The van der Waals surface area contributed by atoms with Crippen LogP contribution in [0.1, 0.15) is 342 Å². The number of carbonyl (C=O) groups is 3. The summed E-state index contributed by atoms with van der Waals surface area (Å²) in [4.78, 5) is 58.7. The molecule has 0 spiro atoms. The molecule has 594 valence electrons. The van der Waals surface area contributed by atoms with E-state index in [2.05, 4.69) is 142 Å². The Morgan fingerprint density at radius 3 is 0.816 bits per heavy atom. The van der Waals surface area contributed by atoms with E-state index in [-0.39, 0.29) is 19.3 Å². The molecule has 0 saturated carbocycles. The molecule has 0 radical (unpaired) electrons. The van der Waals surface area contributed by atoms with Crippen LogP contribution in [-0.2, 0) is 55.8 Å². The van der Waals surface area contributed by atoms with Gasteiger partial charge in [0, 0.05) is 19.3 Å². The number of aliphatic hydroxyl groups excluding tert-OH is 2. The molecule has 0 heterocycles. The van der Waals surface area contributed by atoms with Crippen molar-refractivity contribution in [1.29, 1.82) is 0 Å². The molecule has 4 N–H and O–H groups in total. The number of rotatable bonds is 77. The zero-order chi connectivity index (χ0) is 75.2. The lowest BCUT2D eigenvalue weighted by Crippen LogP contribution is -2.30. The number of esters is 3. The van der Waals surface area contributed by atoms with Gasteiger partial charge in [0.1, 0.15) is 25.4 Å². The number of ether oxygens (including phenoxy) is 3. The van der Waals surface area contributed by atoms with Crippen molar-refractivity contribution in [2.45, 2.75) is 360 Å². The van der Waals surface area contributed by atoms with Crippen LogP contribution in [0.5, 0.6) is 0 Å². The highest BCUT2D eigenvalue weighted by Gasteiger charge is 2.29. The van der Waals surface area contributed by atoms with Gasteiger partial charge in [-0.15, -0.1) is 0 Å². The number of hydrogen-bond acceptors (Lipinski definition) is 14. The summed E-state index contributed by atoms with van der Waals surface area (Å²) in [6.45, 7) is 2.48. The monoisotopic (exact) mass is 1490 g/mol. The molecular formula is C85H148O16P2. The lowest BCUT2D eigenvalue weighted by molar-refractivity contribution is -0.161. The molecule has 0 aromatic rings. The second-order valence-electron chi connectivity index (χ2n) is 27.2. The van der Waals surface area contributed by atoms with Crippen LogP contribution in [0.4, 0.5) is 0 Å². The van der Waals surface area contributed by atoms with Crippen molar-refractivity contribution < 1.29 is 75.8 Å². The standard InChI is InChI=1S/C85H148O16P2/c1-4-7-10-13-16-19-22-25-28-30-32-34-36-37-38-39-40-41-43-45-46-48-51-53-56-59-62-65-68-71-83(88)95-74-80(86)75-97-102(91,92)98-76-81(87)77-99-103(93,94)100-79-82(101-85(90)73-70-67-64-61-58-55-50-27-24-21-18-15-12-9-6-3)78-96-84(89)72-69-66-63-60-57-54-52-49-47-44-42-35-33-31-29-26-23-20-17-14-11-8-5-2/h7-8,10-11,16-17,19-20,25-26,28-29,32-35,37-38,44,47,80-82,86-87H,4-6,9,12-15,18,21-24,27,30-31,36,39-43,45-46,48-79H2,1-3H3,(H,91,92)(H,93,94)/b10-7-,11-8-,19-16-,20-17-,28-25-,29-26-,34-32-,35-33-,38-37-,47-44-. The molecule has 5 unspecified atom stereocenters. The van der Waals surface area contributed by atoms with E-state index < -0.39 is 91.5 Å². The highest BCUT2D eigenvalue weighted by molar-refractivity contribution is 7.47. The average Bonchev–Trinajstić information content (AvgIpc) is 0.915. The summed E-state index contributed by atoms with van der Waals surface area (Å²) in [5.41, 5.74) is 0. The minimum atomic E-state index is -4.93. The number of phosphoric acid groups is 2. The van der Waals surface area contributed by atoms with Gasteiger partial charge in [0.15, 0.2) is 6.10 Å². The van der Waals surface area contributed by atoms with Crippen LogP contribution < -0.4 is 0 Å². The van der Waals surface area contributed by atoms with E-state index >= 15 is 0 Å². The van der Waals surface area contributed by atoms with E-state index in [1.807, 2.05) is 0 Å². The summed E-state index contributed by atoms with van der Waals surface area (Å²) in [5.74, 6) is -1.58. The van der Waals surface area contributed by atoms with E-state index in [9.17, 15) is 43.5 Å². The lowest BCUT2D eigenvalue weighted by atomic mass is 10.0. The van der Waals surface area contributed by atoms with Crippen LogP contribution in [0.15, 0.2) is 122 Å². The van der Waals surface area contributed by atoms with Gasteiger partial charge < -0.3 is 34.2 Å². The van der Waals surface area contributed by atoms with Crippen molar-refractivity contribution in [3.8, 4) is 0 Å². The number of hydrogen-bond donors (Lipinski definition) is 4. The van der Waals surface area contributed by atoms with Crippen LogP contribution in [0, 0.1) is 0 Å². The fourth-order valence-electron chi connectivity index (χ4n) is 11.0. The molecule has 16 nitrogen and oxygen atoms in total. The van der Waals surface area contributed by atoms with Crippen molar-refractivity contribution in [3.05, 3.63) is 122 Å². The quantitative estimate of drug-likeness (QED) is 0.0146. The van der Waals surface area contributed by atoms with Gasteiger partial charge in [0.2, 0.25) is 0 Å². The van der Waals surface area contributed by atoms with Gasteiger partial charge in [-0.25, -0.2) is 9.13 Å². The van der Waals surface area contributed by atoms with Crippen LogP contribution in [0.2, 0.25) is 0 Å². The Labute approximate surface area is 627 Å². The number of unbranched alkanes of at least 4 members (excludes halogenated alkanes) is 34. The lowest BCUT2D eigenvalue weighted by Gasteiger charge is -2.21. The van der Waals surface area contributed by atoms with Crippen LogP contribution in [-0.4, -0.2) is 95.9 Å². The van der Waals surface area contributed by atoms with Crippen LogP contribution in [0.3, 0.4) is 0 Å². The van der Waals surface area contributed by atoms with Gasteiger partial charge in [-0.2, -0.15) is 0 Å². The number of aliphatic hydroxyl groups is 2. The maximum atomic E-state index is 13.0. The molecule has 0 bridgehead atoms. The molecule has 0 aromatic carbocycles. The van der Waals surface area contributed by atoms with E-state index in [4.69, 9.17) is 32.3 Å². The van der Waals surface area contributed by atoms with Gasteiger partial charge in [-0.3, -0.25) is 32.5 Å². The first kappa shape index (κ1) is 98.9. The van der Waals surface area contributed by atoms with E-state index in [1.165, 1.54) is 122 Å². The van der Waals surface area contributed by atoms with Crippen LogP contribution >= 0.6 is 15.6 Å². The number of allylic oxidation sites excluding steroid dienone is 20.